The van der Waals surface area contributed by atoms with E-state index in [2.05, 4.69) is 5.32 Å². The van der Waals surface area contributed by atoms with Crippen molar-refractivity contribution in [2.24, 2.45) is 0 Å². The molecule has 0 saturated heterocycles. The summed E-state index contributed by atoms with van der Waals surface area (Å²) in [6, 6.07) is 2.00. The fraction of sp³-hybridized carbons (Fsp3) is 0.200. The number of hydrogen-bond donors (Lipinski definition) is 1. The molecule has 0 heterocycles. The van der Waals surface area contributed by atoms with Crippen LogP contribution in [0.3, 0.4) is 0 Å². The van der Waals surface area contributed by atoms with Crippen molar-refractivity contribution in [3.05, 3.63) is 36.1 Å². The zero-order valence-corrected chi connectivity index (χ0v) is 7.74. The predicted octanol–water partition coefficient (Wildman–Crippen LogP) is 1.66. The standard InChI is InChI=1S/C10H12N2O/c1-3-5-10(8-11)6-4-7-12-9(2)13/h3-7H,1-2H3,(H,12,13)/b5-3-,7-4+,10-6+. The van der Waals surface area contributed by atoms with Crippen LogP contribution in [-0.4, -0.2) is 5.91 Å². The molecular formula is C10H12N2O. The Labute approximate surface area is 78.1 Å². The van der Waals surface area contributed by atoms with Crippen LogP contribution in [0.4, 0.5) is 0 Å². The van der Waals surface area contributed by atoms with E-state index in [1.54, 1.807) is 24.3 Å². The van der Waals surface area contributed by atoms with E-state index in [0.29, 0.717) is 5.57 Å². The van der Waals surface area contributed by atoms with E-state index in [1.807, 2.05) is 13.0 Å². The molecule has 3 heteroatoms. The Bertz CT molecular complexity index is 293. The van der Waals surface area contributed by atoms with Crippen molar-refractivity contribution >= 4 is 5.91 Å². The third kappa shape index (κ3) is 6.57. The quantitative estimate of drug-likeness (QED) is 0.525. The second kappa shape index (κ2) is 6.86. The van der Waals surface area contributed by atoms with Gasteiger partial charge in [-0.1, -0.05) is 6.08 Å². The third-order valence-corrected chi connectivity index (χ3v) is 1.13. The Kier molecular flexibility index (Phi) is 5.90. The molecule has 0 spiro atoms. The van der Waals surface area contributed by atoms with Crippen molar-refractivity contribution in [2.45, 2.75) is 13.8 Å². The lowest BCUT2D eigenvalue weighted by Gasteiger charge is -1.88. The van der Waals surface area contributed by atoms with Crippen LogP contribution in [0.15, 0.2) is 36.1 Å². The Hall–Kier alpha value is -1.82. The highest BCUT2D eigenvalue weighted by Gasteiger charge is 1.84. The molecule has 1 amide bonds. The van der Waals surface area contributed by atoms with E-state index in [0.717, 1.165) is 0 Å². The fourth-order valence-electron chi connectivity index (χ4n) is 0.627. The van der Waals surface area contributed by atoms with Crippen molar-refractivity contribution in [1.29, 1.82) is 5.26 Å². The largest absolute Gasteiger partial charge is 0.333 e. The molecule has 0 aliphatic rings. The Balaban J connectivity index is 4.16. The molecule has 1 N–H and O–H groups in total. The normalized spacial score (nSPS) is 11.9. The Morgan fingerprint density at radius 2 is 2.23 bits per heavy atom. The van der Waals surface area contributed by atoms with Gasteiger partial charge in [-0.15, -0.1) is 0 Å². The minimum atomic E-state index is -0.130. The summed E-state index contributed by atoms with van der Waals surface area (Å²) >= 11 is 0. The van der Waals surface area contributed by atoms with Crippen molar-refractivity contribution < 1.29 is 4.79 Å². The summed E-state index contributed by atoms with van der Waals surface area (Å²) in [6.07, 6.45) is 8.19. The van der Waals surface area contributed by atoms with Gasteiger partial charge in [0.2, 0.25) is 5.91 Å². The number of rotatable bonds is 3. The van der Waals surface area contributed by atoms with Crippen LogP contribution >= 0.6 is 0 Å². The molecule has 0 fully saturated rings. The smallest absolute Gasteiger partial charge is 0.220 e. The molecule has 0 rings (SSSR count). The molecule has 0 saturated carbocycles. The maximum Gasteiger partial charge on any atom is 0.220 e. The van der Waals surface area contributed by atoms with Gasteiger partial charge in [-0.2, -0.15) is 5.26 Å². The zero-order chi connectivity index (χ0) is 10.1. The van der Waals surface area contributed by atoms with Crippen LogP contribution in [0.2, 0.25) is 0 Å². The number of allylic oxidation sites excluding steroid dienone is 5. The van der Waals surface area contributed by atoms with Crippen LogP contribution in [0.25, 0.3) is 0 Å². The molecule has 0 aliphatic carbocycles. The van der Waals surface area contributed by atoms with Crippen molar-refractivity contribution in [3.63, 3.8) is 0 Å². The zero-order valence-electron chi connectivity index (χ0n) is 7.74. The van der Waals surface area contributed by atoms with E-state index in [-0.39, 0.29) is 5.91 Å². The van der Waals surface area contributed by atoms with Gasteiger partial charge in [0.1, 0.15) is 0 Å². The van der Waals surface area contributed by atoms with Gasteiger partial charge in [-0.05, 0) is 25.2 Å². The fourth-order valence-corrected chi connectivity index (χ4v) is 0.627. The molecule has 0 aliphatic heterocycles. The van der Waals surface area contributed by atoms with Crippen LogP contribution in [-0.2, 0) is 4.79 Å². The van der Waals surface area contributed by atoms with E-state index in [4.69, 9.17) is 5.26 Å². The first kappa shape index (κ1) is 11.2. The number of amides is 1. The number of carbonyl (C=O) groups excluding carboxylic acids is 1. The molecule has 0 aromatic rings. The maximum atomic E-state index is 10.4. The van der Waals surface area contributed by atoms with Gasteiger partial charge < -0.3 is 5.32 Å². The molecular weight excluding hydrogens is 164 g/mol. The van der Waals surface area contributed by atoms with E-state index in [1.165, 1.54) is 13.1 Å². The Morgan fingerprint density at radius 1 is 1.54 bits per heavy atom. The van der Waals surface area contributed by atoms with Gasteiger partial charge >= 0.3 is 0 Å². The topological polar surface area (TPSA) is 52.9 Å². The predicted molar refractivity (Wildman–Crippen MR) is 51.5 cm³/mol. The van der Waals surface area contributed by atoms with Crippen LogP contribution < -0.4 is 5.32 Å². The molecule has 0 atom stereocenters. The minimum absolute atomic E-state index is 0.130. The van der Waals surface area contributed by atoms with Gasteiger partial charge in [-0.25, -0.2) is 0 Å². The van der Waals surface area contributed by atoms with Crippen LogP contribution in [0, 0.1) is 11.3 Å². The highest BCUT2D eigenvalue weighted by atomic mass is 16.1. The van der Waals surface area contributed by atoms with Crippen molar-refractivity contribution in [2.75, 3.05) is 0 Å². The molecule has 68 valence electrons. The molecule has 0 unspecified atom stereocenters. The summed E-state index contributed by atoms with van der Waals surface area (Å²) in [5.74, 6) is -0.130. The number of nitrogens with zero attached hydrogens (tertiary/aromatic N) is 1. The molecule has 0 bridgehead atoms. The summed E-state index contributed by atoms with van der Waals surface area (Å²) in [5, 5.41) is 11.0. The second-order valence-electron chi connectivity index (χ2n) is 2.29. The molecule has 0 aromatic carbocycles. The lowest BCUT2D eigenvalue weighted by molar-refractivity contribution is -0.118. The summed E-state index contributed by atoms with van der Waals surface area (Å²) in [4.78, 5) is 10.4. The SMILES string of the molecule is C\C=C/C(C#N)=C\C=C\NC(C)=O. The third-order valence-electron chi connectivity index (χ3n) is 1.13. The lowest BCUT2D eigenvalue weighted by atomic mass is 10.2. The van der Waals surface area contributed by atoms with Gasteiger partial charge in [0, 0.05) is 13.1 Å². The highest BCUT2D eigenvalue weighted by Crippen LogP contribution is 1.94. The number of nitrogens with one attached hydrogen (secondary N) is 1. The van der Waals surface area contributed by atoms with Gasteiger partial charge in [0.05, 0.1) is 11.6 Å². The van der Waals surface area contributed by atoms with Gasteiger partial charge in [-0.3, -0.25) is 4.79 Å². The lowest BCUT2D eigenvalue weighted by Crippen LogP contribution is -2.10. The summed E-state index contributed by atoms with van der Waals surface area (Å²) in [7, 11) is 0. The van der Waals surface area contributed by atoms with Crippen molar-refractivity contribution in [1.82, 2.24) is 5.32 Å². The first-order valence-electron chi connectivity index (χ1n) is 3.87. The average Bonchev–Trinajstić information content (AvgIpc) is 2.10. The average molecular weight is 176 g/mol. The van der Waals surface area contributed by atoms with Crippen LogP contribution in [0.1, 0.15) is 13.8 Å². The van der Waals surface area contributed by atoms with E-state index in [9.17, 15) is 4.79 Å². The highest BCUT2D eigenvalue weighted by molar-refractivity contribution is 5.73. The molecule has 0 aromatic heterocycles. The van der Waals surface area contributed by atoms with Gasteiger partial charge in [0.15, 0.2) is 0 Å². The number of carbonyl (C=O) groups is 1. The summed E-state index contributed by atoms with van der Waals surface area (Å²) in [5.41, 5.74) is 0.545. The number of hydrogen-bond acceptors (Lipinski definition) is 2. The molecule has 0 radical (unpaired) electrons. The first-order valence-corrected chi connectivity index (χ1v) is 3.87. The second-order valence-corrected chi connectivity index (χ2v) is 2.29. The summed E-state index contributed by atoms with van der Waals surface area (Å²) in [6.45, 7) is 3.26. The Morgan fingerprint density at radius 3 is 2.69 bits per heavy atom. The van der Waals surface area contributed by atoms with Gasteiger partial charge in [0.25, 0.3) is 0 Å². The van der Waals surface area contributed by atoms with E-state index < -0.39 is 0 Å². The maximum absolute atomic E-state index is 10.4. The van der Waals surface area contributed by atoms with Crippen LogP contribution in [0.5, 0.6) is 0 Å². The summed E-state index contributed by atoms with van der Waals surface area (Å²) < 4.78 is 0. The first-order chi connectivity index (χ1) is 6.20. The van der Waals surface area contributed by atoms with Crippen molar-refractivity contribution in [3.8, 4) is 6.07 Å². The minimum Gasteiger partial charge on any atom is -0.333 e. The molecule has 3 nitrogen and oxygen atoms in total. The monoisotopic (exact) mass is 176 g/mol. The van der Waals surface area contributed by atoms with E-state index >= 15 is 0 Å². The molecule has 13 heavy (non-hydrogen) atoms. The number of nitriles is 1.